The Morgan fingerprint density at radius 2 is 1.47 bits per heavy atom. The molecule has 1 rings (SSSR count). The van der Waals surface area contributed by atoms with Crippen molar-refractivity contribution < 1.29 is 41.2 Å². The Morgan fingerprint density at radius 1 is 1.06 bits per heavy atom. The van der Waals surface area contributed by atoms with Gasteiger partial charge in [-0.15, -0.1) is 6.42 Å². The molecule has 1 aliphatic carbocycles. The quantitative estimate of drug-likeness (QED) is 0.458. The Labute approximate surface area is 125 Å². The van der Waals surface area contributed by atoms with Gasteiger partial charge in [0.2, 0.25) is 0 Å². The molecule has 0 spiro atoms. The minimum atomic E-state index is 0. The Kier molecular flexibility index (Phi) is 28.4. The van der Waals surface area contributed by atoms with Crippen LogP contribution in [0.5, 0.6) is 0 Å². The SMILES string of the molecule is CC(C)(C)CC1=[C-]CC=C1.CO.CO.CO.[Hf]. The Hall–Kier alpha value is 0.230. The van der Waals surface area contributed by atoms with Gasteiger partial charge in [-0.3, -0.25) is 6.08 Å². The van der Waals surface area contributed by atoms with Gasteiger partial charge in [0.25, 0.3) is 0 Å². The van der Waals surface area contributed by atoms with Gasteiger partial charge in [-0.05, 0) is 5.41 Å². The zero-order chi connectivity index (χ0) is 13.6. The van der Waals surface area contributed by atoms with E-state index in [1.54, 1.807) is 0 Å². The summed E-state index contributed by atoms with van der Waals surface area (Å²) < 4.78 is 0. The molecule has 3 nitrogen and oxygen atoms in total. The first-order valence-corrected chi connectivity index (χ1v) is 5.18. The molecule has 0 fully saturated rings. The predicted molar refractivity (Wildman–Crippen MR) is 69.0 cm³/mol. The standard InChI is InChI=1S/C10H15.3CH4O.Hf/c1-10(2,3)8-9-6-4-5-7-9;3*1-2;/h4,6H,5,8H2,1-3H3;3*2H,1H3;/q-1;;;;. The molecule has 0 aromatic heterocycles. The average Bonchev–Trinajstić information content (AvgIpc) is 2.77. The van der Waals surface area contributed by atoms with E-state index in [4.69, 9.17) is 15.3 Å². The number of allylic oxidation sites excluding steroid dienone is 4. The van der Waals surface area contributed by atoms with Gasteiger partial charge in [0, 0.05) is 47.2 Å². The maximum absolute atomic E-state index is 7.00. The second kappa shape index (κ2) is 18.6. The van der Waals surface area contributed by atoms with Crippen LogP contribution in [0, 0.1) is 11.5 Å². The summed E-state index contributed by atoms with van der Waals surface area (Å²) >= 11 is 0. The fourth-order valence-corrected chi connectivity index (χ4v) is 1.14. The maximum atomic E-state index is 7.00. The van der Waals surface area contributed by atoms with E-state index < -0.39 is 0 Å². The van der Waals surface area contributed by atoms with Crippen LogP contribution in [-0.2, 0) is 25.8 Å². The zero-order valence-corrected chi connectivity index (χ0v) is 15.5. The van der Waals surface area contributed by atoms with Crippen molar-refractivity contribution in [2.24, 2.45) is 5.41 Å². The van der Waals surface area contributed by atoms with Crippen LogP contribution in [0.25, 0.3) is 0 Å². The van der Waals surface area contributed by atoms with Crippen molar-refractivity contribution in [2.75, 3.05) is 21.3 Å². The monoisotopic (exact) mass is 411 g/mol. The first-order chi connectivity index (χ1) is 7.58. The van der Waals surface area contributed by atoms with Crippen molar-refractivity contribution >= 4 is 0 Å². The van der Waals surface area contributed by atoms with E-state index in [9.17, 15) is 0 Å². The summed E-state index contributed by atoms with van der Waals surface area (Å²) in [5.41, 5.74) is 1.80. The van der Waals surface area contributed by atoms with Gasteiger partial charge in [-0.25, -0.2) is 11.6 Å². The molecule has 0 bridgehead atoms. The summed E-state index contributed by atoms with van der Waals surface area (Å²) in [7, 11) is 3.00. The van der Waals surface area contributed by atoms with E-state index >= 15 is 0 Å². The molecule has 1 aliphatic rings. The maximum Gasteiger partial charge on any atom is 0.0319 e. The molecule has 0 aliphatic heterocycles. The normalized spacial score (nSPS) is 11.5. The fraction of sp³-hybridized carbons (Fsp3) is 0.692. The summed E-state index contributed by atoms with van der Waals surface area (Å²) in [5, 5.41) is 21.0. The Bertz CT molecular complexity index is 182. The number of hydrogen-bond donors (Lipinski definition) is 3. The summed E-state index contributed by atoms with van der Waals surface area (Å²) in [5.74, 6) is 0. The van der Waals surface area contributed by atoms with Crippen molar-refractivity contribution in [1.29, 1.82) is 0 Å². The minimum Gasteiger partial charge on any atom is -0.400 e. The topological polar surface area (TPSA) is 60.7 Å². The van der Waals surface area contributed by atoms with E-state index in [0.717, 1.165) is 34.2 Å². The van der Waals surface area contributed by atoms with Crippen molar-refractivity contribution in [2.45, 2.75) is 33.6 Å². The van der Waals surface area contributed by atoms with Gasteiger partial charge >= 0.3 is 0 Å². The molecule has 0 radical (unpaired) electrons. The smallest absolute Gasteiger partial charge is 0.0319 e. The van der Waals surface area contributed by atoms with Crippen LogP contribution in [0.2, 0.25) is 0 Å². The fourth-order valence-electron chi connectivity index (χ4n) is 1.14. The van der Waals surface area contributed by atoms with Crippen LogP contribution in [0.4, 0.5) is 0 Å². The third kappa shape index (κ3) is 22.0. The number of rotatable bonds is 1. The van der Waals surface area contributed by atoms with Gasteiger partial charge in [-0.1, -0.05) is 27.2 Å². The number of hydrogen-bond acceptors (Lipinski definition) is 3. The largest absolute Gasteiger partial charge is 0.400 e. The molecule has 17 heavy (non-hydrogen) atoms. The third-order valence-corrected chi connectivity index (χ3v) is 1.49. The molecule has 0 atom stereocenters. The van der Waals surface area contributed by atoms with Crippen molar-refractivity contribution in [3.8, 4) is 0 Å². The van der Waals surface area contributed by atoms with Crippen LogP contribution < -0.4 is 0 Å². The molecule has 0 aromatic carbocycles. The van der Waals surface area contributed by atoms with Gasteiger partial charge < -0.3 is 15.3 Å². The van der Waals surface area contributed by atoms with Crippen molar-refractivity contribution in [3.05, 3.63) is 23.8 Å². The number of aliphatic hydroxyl groups is 3. The predicted octanol–water partition coefficient (Wildman–Crippen LogP) is 1.94. The minimum absolute atomic E-state index is 0. The molecule has 0 aromatic rings. The van der Waals surface area contributed by atoms with Crippen LogP contribution in [0.3, 0.4) is 0 Å². The number of aliphatic hydroxyl groups excluding tert-OH is 3. The molecule has 4 heteroatoms. The molecule has 0 unspecified atom stereocenters. The second-order valence-corrected chi connectivity index (χ2v) is 4.05. The van der Waals surface area contributed by atoms with Crippen molar-refractivity contribution in [1.82, 2.24) is 0 Å². The summed E-state index contributed by atoms with van der Waals surface area (Å²) in [6.07, 6.45) is 9.85. The van der Waals surface area contributed by atoms with Gasteiger partial charge in [0.1, 0.15) is 0 Å². The van der Waals surface area contributed by atoms with Crippen LogP contribution in [-0.4, -0.2) is 36.6 Å². The van der Waals surface area contributed by atoms with Crippen molar-refractivity contribution in [3.63, 3.8) is 0 Å². The first-order valence-electron chi connectivity index (χ1n) is 5.18. The van der Waals surface area contributed by atoms with Gasteiger partial charge in [-0.2, -0.15) is 6.08 Å². The molecule has 102 valence electrons. The van der Waals surface area contributed by atoms with Gasteiger partial charge in [0.05, 0.1) is 0 Å². The van der Waals surface area contributed by atoms with E-state index in [-0.39, 0.29) is 25.8 Å². The molecule has 0 saturated carbocycles. The Balaban J connectivity index is -0.000000106. The molecule has 0 saturated heterocycles. The summed E-state index contributed by atoms with van der Waals surface area (Å²) in [6.45, 7) is 6.77. The van der Waals surface area contributed by atoms with Gasteiger partial charge in [0.15, 0.2) is 0 Å². The van der Waals surface area contributed by atoms with E-state index in [2.05, 4.69) is 39.0 Å². The molecular formula is C13H27HfO3-. The van der Waals surface area contributed by atoms with E-state index in [1.165, 1.54) is 5.57 Å². The summed E-state index contributed by atoms with van der Waals surface area (Å²) in [4.78, 5) is 0. The first kappa shape index (κ1) is 25.9. The molecule has 3 N–H and O–H groups in total. The van der Waals surface area contributed by atoms with E-state index in [0.29, 0.717) is 5.41 Å². The molecule has 0 amide bonds. The second-order valence-electron chi connectivity index (χ2n) is 4.05. The zero-order valence-electron chi connectivity index (χ0n) is 11.9. The van der Waals surface area contributed by atoms with E-state index in [1.807, 2.05) is 0 Å². The van der Waals surface area contributed by atoms with Crippen LogP contribution in [0.15, 0.2) is 17.7 Å². The van der Waals surface area contributed by atoms with Crippen LogP contribution in [0.1, 0.15) is 33.6 Å². The van der Waals surface area contributed by atoms with Crippen LogP contribution >= 0.6 is 0 Å². The molecule has 0 heterocycles. The third-order valence-electron chi connectivity index (χ3n) is 1.49. The molecular weight excluding hydrogens is 383 g/mol. The average molecular weight is 410 g/mol. The Morgan fingerprint density at radius 3 is 1.71 bits per heavy atom. The summed E-state index contributed by atoms with van der Waals surface area (Å²) in [6, 6.07) is 0.